The topological polar surface area (TPSA) is 50.3 Å². The summed E-state index contributed by atoms with van der Waals surface area (Å²) >= 11 is 7.90. The van der Waals surface area contributed by atoms with Gasteiger partial charge in [0.1, 0.15) is 4.60 Å². The maximum Gasteiger partial charge on any atom is 0.228 e. The number of pyridine rings is 1. The predicted octanol–water partition coefficient (Wildman–Crippen LogP) is 2.99. The van der Waals surface area contributed by atoms with Crippen LogP contribution in [0.5, 0.6) is 0 Å². The Kier molecular flexibility index (Phi) is 4.45. The second-order valence-electron chi connectivity index (χ2n) is 3.90. The Bertz CT molecular complexity index is 510. The first-order valence-electron chi connectivity index (χ1n) is 5.26. The quantitative estimate of drug-likeness (QED) is 0.724. The maximum absolute atomic E-state index is 12.0. The van der Waals surface area contributed by atoms with Crippen LogP contribution in [0.15, 0.2) is 21.3 Å². The first-order valence-corrected chi connectivity index (χ1v) is 7.72. The molecule has 2 heterocycles. The molecule has 0 bridgehead atoms. The van der Waals surface area contributed by atoms with Crippen molar-refractivity contribution in [2.75, 3.05) is 11.4 Å². The molecular weight excluding hydrogens is 384 g/mol. The van der Waals surface area contributed by atoms with Gasteiger partial charge < -0.3 is 4.90 Å². The van der Waals surface area contributed by atoms with Crippen molar-refractivity contribution in [3.63, 3.8) is 0 Å². The van der Waals surface area contributed by atoms with E-state index in [9.17, 15) is 9.59 Å². The molecule has 1 fully saturated rings. The lowest BCUT2D eigenvalue weighted by atomic mass is 10.4. The molecule has 0 N–H and O–H groups in total. The van der Waals surface area contributed by atoms with Crippen LogP contribution >= 0.6 is 43.6 Å². The lowest BCUT2D eigenvalue weighted by Crippen LogP contribution is -2.25. The molecule has 1 amide bonds. The van der Waals surface area contributed by atoms with Crippen LogP contribution in [0.4, 0.5) is 5.69 Å². The van der Waals surface area contributed by atoms with Gasteiger partial charge in [0.2, 0.25) is 5.91 Å². The molecule has 1 saturated heterocycles. The molecule has 18 heavy (non-hydrogen) atoms. The molecule has 2 rings (SSSR count). The Morgan fingerprint density at radius 3 is 2.94 bits per heavy atom. The number of halogens is 2. The number of hydrogen-bond donors (Lipinski definition) is 0. The van der Waals surface area contributed by atoms with Gasteiger partial charge in [-0.15, -0.1) is 0 Å². The lowest BCUT2D eigenvalue weighted by molar-refractivity contribution is -0.117. The Labute approximate surface area is 126 Å². The Balaban J connectivity index is 2.21. The first-order chi connectivity index (χ1) is 8.47. The molecule has 0 radical (unpaired) electrons. The number of thioether (sulfide) groups is 1. The van der Waals surface area contributed by atoms with E-state index in [1.807, 2.05) is 6.07 Å². The van der Waals surface area contributed by atoms with Gasteiger partial charge in [0.25, 0.3) is 0 Å². The van der Waals surface area contributed by atoms with Crippen molar-refractivity contribution in [1.82, 2.24) is 4.98 Å². The predicted molar refractivity (Wildman–Crippen MR) is 78.7 cm³/mol. The van der Waals surface area contributed by atoms with Crippen LogP contribution in [0, 0.1) is 0 Å². The summed E-state index contributed by atoms with van der Waals surface area (Å²) in [7, 11) is 0. The van der Waals surface area contributed by atoms with Crippen molar-refractivity contribution in [2.24, 2.45) is 0 Å². The van der Waals surface area contributed by atoms with Gasteiger partial charge in [0.15, 0.2) is 5.12 Å². The van der Waals surface area contributed by atoms with Crippen molar-refractivity contribution in [3.05, 3.63) is 21.3 Å². The highest BCUT2D eigenvalue weighted by molar-refractivity contribution is 9.11. The number of rotatable bonds is 2. The van der Waals surface area contributed by atoms with Crippen LogP contribution in [0.1, 0.15) is 13.3 Å². The minimum atomic E-state index is 0.0225. The van der Waals surface area contributed by atoms with E-state index >= 15 is 0 Å². The molecule has 1 unspecified atom stereocenters. The number of carbonyl (C=O) groups excluding carboxylic acids is 2. The molecule has 1 aliphatic rings. The van der Waals surface area contributed by atoms with Crippen LogP contribution in [-0.4, -0.2) is 27.8 Å². The summed E-state index contributed by atoms with van der Waals surface area (Å²) in [6.45, 7) is 2.06. The fourth-order valence-electron chi connectivity index (χ4n) is 1.82. The molecule has 0 aliphatic carbocycles. The number of carbonyl (C=O) groups is 2. The maximum atomic E-state index is 12.0. The molecule has 1 atom stereocenters. The third kappa shape index (κ3) is 3.13. The summed E-state index contributed by atoms with van der Waals surface area (Å²) in [6.07, 6.45) is 2.05. The monoisotopic (exact) mass is 392 g/mol. The molecule has 0 saturated carbocycles. The molecule has 1 aromatic rings. The van der Waals surface area contributed by atoms with Gasteiger partial charge in [0, 0.05) is 35.8 Å². The van der Waals surface area contributed by atoms with E-state index in [0.717, 1.165) is 10.2 Å². The first kappa shape index (κ1) is 14.0. The van der Waals surface area contributed by atoms with Crippen molar-refractivity contribution in [2.45, 2.75) is 18.6 Å². The average Bonchev–Trinajstić information content (AvgIpc) is 2.62. The van der Waals surface area contributed by atoms with Gasteiger partial charge in [0.05, 0.1) is 5.69 Å². The van der Waals surface area contributed by atoms with E-state index in [2.05, 4.69) is 36.8 Å². The zero-order valence-corrected chi connectivity index (χ0v) is 13.5. The number of aromatic nitrogens is 1. The molecule has 4 nitrogen and oxygen atoms in total. The van der Waals surface area contributed by atoms with Crippen molar-refractivity contribution in [3.8, 4) is 0 Å². The van der Waals surface area contributed by atoms with Crippen molar-refractivity contribution >= 4 is 60.3 Å². The highest BCUT2D eigenvalue weighted by atomic mass is 79.9. The van der Waals surface area contributed by atoms with Gasteiger partial charge in [-0.05, 0) is 37.9 Å². The van der Waals surface area contributed by atoms with Gasteiger partial charge >= 0.3 is 0 Å². The normalized spacial score (nSPS) is 19.4. The zero-order valence-electron chi connectivity index (χ0n) is 9.52. The minimum absolute atomic E-state index is 0.0225. The Hall–Kier alpha value is -0.400. The van der Waals surface area contributed by atoms with Gasteiger partial charge in [-0.2, -0.15) is 0 Å². The lowest BCUT2D eigenvalue weighted by Gasteiger charge is -2.17. The van der Waals surface area contributed by atoms with Crippen molar-refractivity contribution < 1.29 is 9.59 Å². The Morgan fingerprint density at radius 1 is 1.56 bits per heavy atom. The SMILES string of the molecule is CC(=O)SC1CC(=O)N(c2cc(Br)cnc2Br)C1. The Morgan fingerprint density at radius 2 is 2.28 bits per heavy atom. The molecule has 96 valence electrons. The number of amides is 1. The van der Waals surface area contributed by atoms with Crippen molar-refractivity contribution in [1.29, 1.82) is 0 Å². The van der Waals surface area contributed by atoms with Crippen LogP contribution in [0.2, 0.25) is 0 Å². The molecule has 1 aliphatic heterocycles. The largest absolute Gasteiger partial charge is 0.309 e. The fourth-order valence-corrected chi connectivity index (χ4v) is 3.49. The summed E-state index contributed by atoms with van der Waals surface area (Å²) in [6, 6.07) is 1.84. The minimum Gasteiger partial charge on any atom is -0.309 e. The van der Waals surface area contributed by atoms with Gasteiger partial charge in [-0.3, -0.25) is 9.59 Å². The van der Waals surface area contributed by atoms with Gasteiger partial charge in [-0.1, -0.05) is 11.8 Å². The van der Waals surface area contributed by atoms with Crippen LogP contribution < -0.4 is 4.90 Å². The average molecular weight is 394 g/mol. The standard InChI is InChI=1S/C11H10Br2N2O2S/c1-6(16)18-8-3-10(17)15(5-8)9-2-7(12)4-14-11(9)13/h2,4,8H,3,5H2,1H3. The molecular formula is C11H10Br2N2O2S. The smallest absolute Gasteiger partial charge is 0.228 e. The third-order valence-corrected chi connectivity index (χ3v) is 4.53. The van der Waals surface area contributed by atoms with Gasteiger partial charge in [-0.25, -0.2) is 4.98 Å². The highest BCUT2D eigenvalue weighted by Crippen LogP contribution is 2.33. The second kappa shape index (κ2) is 5.71. The number of hydrogen-bond acceptors (Lipinski definition) is 4. The second-order valence-corrected chi connectivity index (χ2v) is 7.05. The highest BCUT2D eigenvalue weighted by Gasteiger charge is 2.33. The molecule has 0 spiro atoms. The summed E-state index contributed by atoms with van der Waals surface area (Å²) in [5, 5.41) is 0.0713. The zero-order chi connectivity index (χ0) is 13.3. The van der Waals surface area contributed by atoms with E-state index in [0.29, 0.717) is 17.6 Å². The van der Waals surface area contributed by atoms with Crippen LogP contribution in [-0.2, 0) is 9.59 Å². The number of anilines is 1. The summed E-state index contributed by atoms with van der Waals surface area (Å²) < 4.78 is 1.45. The molecule has 1 aromatic heterocycles. The van der Waals surface area contributed by atoms with E-state index in [4.69, 9.17) is 0 Å². The van der Waals surface area contributed by atoms with Crippen LogP contribution in [0.3, 0.4) is 0 Å². The van der Waals surface area contributed by atoms with Crippen LogP contribution in [0.25, 0.3) is 0 Å². The summed E-state index contributed by atoms with van der Waals surface area (Å²) in [5.41, 5.74) is 0.737. The van der Waals surface area contributed by atoms with E-state index < -0.39 is 0 Å². The number of nitrogens with zero attached hydrogens (tertiary/aromatic N) is 2. The van der Waals surface area contributed by atoms with E-state index in [-0.39, 0.29) is 16.3 Å². The molecule has 7 heteroatoms. The fraction of sp³-hybridized carbons (Fsp3) is 0.364. The summed E-state index contributed by atoms with van der Waals surface area (Å²) in [4.78, 5) is 28.9. The van der Waals surface area contributed by atoms with E-state index in [1.165, 1.54) is 18.7 Å². The summed E-state index contributed by atoms with van der Waals surface area (Å²) in [5.74, 6) is 0.0225. The molecule has 0 aromatic carbocycles. The van der Waals surface area contributed by atoms with E-state index in [1.54, 1.807) is 11.1 Å². The third-order valence-electron chi connectivity index (χ3n) is 2.50.